The van der Waals surface area contributed by atoms with E-state index in [-0.39, 0.29) is 0 Å². The molecule has 2 aromatic rings. The highest BCUT2D eigenvalue weighted by Gasteiger charge is 2.04. The first-order valence-electron chi connectivity index (χ1n) is 6.77. The number of aromatic nitrogens is 1. The summed E-state index contributed by atoms with van der Waals surface area (Å²) in [5.74, 6) is 0. The van der Waals surface area contributed by atoms with Crippen molar-refractivity contribution in [1.82, 2.24) is 10.3 Å². The van der Waals surface area contributed by atoms with Crippen LogP contribution in [0, 0.1) is 6.92 Å². The Morgan fingerprint density at radius 2 is 2.14 bits per heavy atom. The van der Waals surface area contributed by atoms with E-state index in [2.05, 4.69) is 51.4 Å². The summed E-state index contributed by atoms with van der Waals surface area (Å²) < 4.78 is 6.02. The molecule has 0 aliphatic carbocycles. The van der Waals surface area contributed by atoms with Crippen molar-refractivity contribution >= 4 is 27.7 Å². The van der Waals surface area contributed by atoms with E-state index in [0.717, 1.165) is 29.2 Å². The van der Waals surface area contributed by atoms with Crippen LogP contribution in [-0.2, 0) is 11.3 Å². The summed E-state index contributed by atoms with van der Waals surface area (Å²) in [6.45, 7) is 4.61. The Labute approximate surface area is 138 Å². The molecular weight excluding hydrogens is 348 g/mol. The maximum atomic E-state index is 5.02. The lowest BCUT2D eigenvalue weighted by Crippen LogP contribution is -2.18. The van der Waals surface area contributed by atoms with Gasteiger partial charge < -0.3 is 10.1 Å². The number of hydrogen-bond acceptors (Lipinski definition) is 4. The third-order valence-electron chi connectivity index (χ3n) is 2.97. The molecule has 0 unspecified atom stereocenters. The van der Waals surface area contributed by atoms with Gasteiger partial charge in [-0.3, -0.25) is 0 Å². The molecule has 1 aromatic heterocycles. The molecule has 0 atom stereocenters. The Morgan fingerprint density at radius 3 is 2.81 bits per heavy atom. The maximum absolute atomic E-state index is 5.02. The predicted octanol–water partition coefficient (Wildman–Crippen LogP) is 4.04. The molecular formula is C16H19BrN2OS. The monoisotopic (exact) mass is 366 g/mol. The molecule has 0 amide bonds. The van der Waals surface area contributed by atoms with Gasteiger partial charge in [-0.2, -0.15) is 0 Å². The van der Waals surface area contributed by atoms with E-state index in [1.807, 2.05) is 18.3 Å². The van der Waals surface area contributed by atoms with Crippen molar-refractivity contribution in [2.45, 2.75) is 23.4 Å². The molecule has 21 heavy (non-hydrogen) atoms. The number of aryl methyl sites for hydroxylation is 1. The van der Waals surface area contributed by atoms with E-state index in [9.17, 15) is 0 Å². The maximum Gasteiger partial charge on any atom is 0.101 e. The van der Waals surface area contributed by atoms with Crippen LogP contribution in [0.25, 0.3) is 0 Å². The Hall–Kier alpha value is -0.880. The van der Waals surface area contributed by atoms with E-state index < -0.39 is 0 Å². The third kappa shape index (κ3) is 5.43. The zero-order chi connectivity index (χ0) is 15.1. The number of halogens is 1. The van der Waals surface area contributed by atoms with Crippen molar-refractivity contribution in [3.63, 3.8) is 0 Å². The number of nitrogens with zero attached hydrogens (tertiary/aromatic N) is 1. The number of methoxy groups -OCH3 is 1. The number of ether oxygens (including phenoxy) is 1. The third-order valence-corrected chi connectivity index (χ3v) is 4.56. The topological polar surface area (TPSA) is 34.1 Å². The van der Waals surface area contributed by atoms with Crippen LogP contribution in [0.5, 0.6) is 0 Å². The van der Waals surface area contributed by atoms with Gasteiger partial charge in [0.15, 0.2) is 0 Å². The zero-order valence-corrected chi connectivity index (χ0v) is 14.6. The van der Waals surface area contributed by atoms with Crippen molar-refractivity contribution < 1.29 is 4.74 Å². The van der Waals surface area contributed by atoms with Crippen molar-refractivity contribution in [2.75, 3.05) is 20.3 Å². The SMILES string of the molecule is COCCNCc1ccc(Sc2ccc(Br)cn2)c(C)c1. The first kappa shape index (κ1) is 16.5. The molecule has 1 aromatic carbocycles. The summed E-state index contributed by atoms with van der Waals surface area (Å²) in [6.07, 6.45) is 1.83. The van der Waals surface area contributed by atoms with E-state index in [1.54, 1.807) is 18.9 Å². The van der Waals surface area contributed by atoms with Crippen LogP contribution in [0.1, 0.15) is 11.1 Å². The van der Waals surface area contributed by atoms with Gasteiger partial charge in [0, 0.05) is 35.8 Å². The normalized spacial score (nSPS) is 10.8. The Morgan fingerprint density at radius 1 is 1.29 bits per heavy atom. The Kier molecular flexibility index (Phi) is 6.70. The molecule has 2 rings (SSSR count). The van der Waals surface area contributed by atoms with Gasteiger partial charge in [-0.1, -0.05) is 23.9 Å². The fourth-order valence-corrected chi connectivity index (χ4v) is 2.94. The number of hydrogen-bond donors (Lipinski definition) is 1. The standard InChI is InChI=1S/C16H19BrN2OS/c1-12-9-13(10-18-7-8-20-2)3-5-15(12)21-16-6-4-14(17)11-19-16/h3-6,9,11,18H,7-8,10H2,1-2H3. The first-order valence-corrected chi connectivity index (χ1v) is 8.38. The summed E-state index contributed by atoms with van der Waals surface area (Å²) >= 11 is 5.09. The summed E-state index contributed by atoms with van der Waals surface area (Å²) in [6, 6.07) is 10.6. The Bertz CT molecular complexity index is 575. The lowest BCUT2D eigenvalue weighted by molar-refractivity contribution is 0.199. The highest BCUT2D eigenvalue weighted by molar-refractivity contribution is 9.10. The molecule has 0 fully saturated rings. The lowest BCUT2D eigenvalue weighted by Gasteiger charge is -2.09. The second-order valence-electron chi connectivity index (χ2n) is 4.69. The van der Waals surface area contributed by atoms with Crippen LogP contribution in [0.2, 0.25) is 0 Å². The van der Waals surface area contributed by atoms with Gasteiger partial charge in [-0.25, -0.2) is 4.98 Å². The smallest absolute Gasteiger partial charge is 0.101 e. The van der Waals surface area contributed by atoms with Crippen LogP contribution >= 0.6 is 27.7 Å². The van der Waals surface area contributed by atoms with E-state index in [4.69, 9.17) is 4.74 Å². The molecule has 3 nitrogen and oxygen atoms in total. The minimum Gasteiger partial charge on any atom is -0.383 e. The summed E-state index contributed by atoms with van der Waals surface area (Å²) in [5.41, 5.74) is 2.56. The van der Waals surface area contributed by atoms with Gasteiger partial charge in [0.1, 0.15) is 5.03 Å². The van der Waals surface area contributed by atoms with Gasteiger partial charge in [0.05, 0.1) is 6.61 Å². The van der Waals surface area contributed by atoms with Gasteiger partial charge in [-0.15, -0.1) is 0 Å². The minimum absolute atomic E-state index is 0.738. The second-order valence-corrected chi connectivity index (χ2v) is 6.66. The molecule has 1 N–H and O–H groups in total. The number of rotatable bonds is 7. The molecule has 5 heteroatoms. The van der Waals surface area contributed by atoms with Gasteiger partial charge in [0.25, 0.3) is 0 Å². The molecule has 0 saturated carbocycles. The largest absolute Gasteiger partial charge is 0.383 e. The van der Waals surface area contributed by atoms with Crippen LogP contribution < -0.4 is 5.32 Å². The van der Waals surface area contributed by atoms with Crippen LogP contribution in [-0.4, -0.2) is 25.2 Å². The molecule has 112 valence electrons. The molecule has 1 heterocycles. The van der Waals surface area contributed by atoms with Crippen molar-refractivity contribution in [2.24, 2.45) is 0 Å². The van der Waals surface area contributed by atoms with Gasteiger partial charge in [-0.05, 0) is 52.2 Å². The van der Waals surface area contributed by atoms with Gasteiger partial charge in [0.2, 0.25) is 0 Å². The van der Waals surface area contributed by atoms with Crippen molar-refractivity contribution in [3.05, 3.63) is 52.1 Å². The number of pyridine rings is 1. The molecule has 0 aliphatic rings. The predicted molar refractivity (Wildman–Crippen MR) is 90.8 cm³/mol. The summed E-state index contributed by atoms with van der Waals surface area (Å²) in [7, 11) is 1.72. The van der Waals surface area contributed by atoms with Crippen LogP contribution in [0.3, 0.4) is 0 Å². The van der Waals surface area contributed by atoms with E-state index in [1.165, 1.54) is 16.0 Å². The van der Waals surface area contributed by atoms with Gasteiger partial charge >= 0.3 is 0 Å². The number of benzene rings is 1. The fraction of sp³-hybridized carbons (Fsp3) is 0.312. The lowest BCUT2D eigenvalue weighted by atomic mass is 10.1. The molecule has 0 spiro atoms. The quantitative estimate of drug-likeness (QED) is 0.749. The first-order chi connectivity index (χ1) is 10.2. The molecule has 0 bridgehead atoms. The van der Waals surface area contributed by atoms with Crippen LogP contribution in [0.15, 0.2) is 50.9 Å². The number of nitrogens with one attached hydrogen (secondary N) is 1. The minimum atomic E-state index is 0.738. The van der Waals surface area contributed by atoms with Crippen LogP contribution in [0.4, 0.5) is 0 Å². The Balaban J connectivity index is 1.97. The summed E-state index contributed by atoms with van der Waals surface area (Å²) in [5, 5.41) is 4.36. The van der Waals surface area contributed by atoms with Crippen molar-refractivity contribution in [3.8, 4) is 0 Å². The van der Waals surface area contributed by atoms with E-state index >= 15 is 0 Å². The van der Waals surface area contributed by atoms with E-state index in [0.29, 0.717) is 0 Å². The fourth-order valence-electron chi connectivity index (χ4n) is 1.88. The van der Waals surface area contributed by atoms with Crippen molar-refractivity contribution in [1.29, 1.82) is 0 Å². The highest BCUT2D eigenvalue weighted by atomic mass is 79.9. The second kappa shape index (κ2) is 8.54. The summed E-state index contributed by atoms with van der Waals surface area (Å²) in [4.78, 5) is 5.64. The molecule has 0 radical (unpaired) electrons. The highest BCUT2D eigenvalue weighted by Crippen LogP contribution is 2.29. The molecule has 0 saturated heterocycles. The zero-order valence-electron chi connectivity index (χ0n) is 12.2. The molecule has 0 aliphatic heterocycles. The average Bonchev–Trinajstić information content (AvgIpc) is 2.48. The average molecular weight is 367 g/mol.